The molecule has 0 radical (unpaired) electrons. The van der Waals surface area contributed by atoms with Gasteiger partial charge in [0.2, 0.25) is 0 Å². The Morgan fingerprint density at radius 1 is 0.786 bits per heavy atom. The van der Waals surface area contributed by atoms with E-state index in [-0.39, 0.29) is 5.41 Å². The molecule has 0 saturated carbocycles. The number of unbranched alkanes of at least 4 members (excludes halogenated alkanes) is 1. The highest BCUT2D eigenvalue weighted by atomic mass is 35.5. The molecule has 0 aromatic heterocycles. The number of rotatable bonds is 9. The van der Waals surface area contributed by atoms with Crippen molar-refractivity contribution in [1.29, 1.82) is 0 Å². The van der Waals surface area contributed by atoms with Gasteiger partial charge in [0, 0.05) is 5.41 Å². The molecule has 0 N–H and O–H groups in total. The van der Waals surface area contributed by atoms with Crippen molar-refractivity contribution in [2.24, 2.45) is 0 Å². The van der Waals surface area contributed by atoms with E-state index in [9.17, 15) is 0 Å². The van der Waals surface area contributed by atoms with E-state index in [0.717, 1.165) is 37.2 Å². The van der Waals surface area contributed by atoms with E-state index in [4.69, 9.17) is 32.7 Å². The molecule has 0 spiro atoms. The predicted octanol–water partition coefficient (Wildman–Crippen LogP) is 8.31. The normalized spacial score (nSPS) is 10.9. The molecule has 0 heterocycles. The molecule has 0 aliphatic rings. The quantitative estimate of drug-likeness (QED) is 0.376. The number of ether oxygens (including phenoxy) is 2. The van der Waals surface area contributed by atoms with Crippen LogP contribution in [0.2, 0.25) is 10.0 Å². The molecule has 0 amide bonds. The minimum absolute atomic E-state index is 0.238. The minimum Gasteiger partial charge on any atom is -0.494 e. The molecule has 0 unspecified atom stereocenters. The predicted molar refractivity (Wildman–Crippen MR) is 123 cm³/mol. The average molecular weight is 425 g/mol. The van der Waals surface area contributed by atoms with Gasteiger partial charge < -0.3 is 9.47 Å². The lowest BCUT2D eigenvalue weighted by Crippen LogP contribution is -2.19. The van der Waals surface area contributed by atoms with Crippen LogP contribution in [-0.2, 0) is 5.41 Å². The summed E-state index contributed by atoms with van der Waals surface area (Å²) in [5, 5.41) is 1.11. The molecule has 4 heteroatoms. The summed E-state index contributed by atoms with van der Waals surface area (Å²) >= 11 is 12.9. The molecule has 0 saturated heterocycles. The largest absolute Gasteiger partial charge is 0.494 e. The summed E-state index contributed by atoms with van der Waals surface area (Å²) in [5.41, 5.74) is 1.99. The van der Waals surface area contributed by atoms with Crippen LogP contribution >= 0.6 is 23.2 Å². The zero-order valence-electron chi connectivity index (χ0n) is 18.1. The Bertz CT molecular complexity index is 686. The van der Waals surface area contributed by atoms with Gasteiger partial charge in [0.25, 0.3) is 0 Å². The first-order valence-corrected chi connectivity index (χ1v) is 11.0. The van der Waals surface area contributed by atoms with Crippen LogP contribution in [0, 0.1) is 0 Å². The number of hydrogen-bond donors (Lipinski definition) is 0. The molecular weight excluding hydrogens is 391 g/mol. The van der Waals surface area contributed by atoms with Crippen LogP contribution < -0.4 is 9.47 Å². The maximum absolute atomic E-state index is 6.46. The van der Waals surface area contributed by atoms with E-state index in [2.05, 4.69) is 39.8 Å². The molecule has 0 fully saturated rings. The summed E-state index contributed by atoms with van der Waals surface area (Å²) in [4.78, 5) is 0. The van der Waals surface area contributed by atoms with Gasteiger partial charge in [0.05, 0.1) is 23.3 Å². The van der Waals surface area contributed by atoms with Crippen molar-refractivity contribution in [3.63, 3.8) is 0 Å². The molecule has 0 aliphatic carbocycles. The zero-order chi connectivity index (χ0) is 21.2. The van der Waals surface area contributed by atoms with Gasteiger partial charge in [-0.15, -0.1) is 0 Å². The Morgan fingerprint density at radius 2 is 1.36 bits per heavy atom. The second kappa shape index (κ2) is 12.2. The van der Waals surface area contributed by atoms with Gasteiger partial charge in [-0.05, 0) is 48.2 Å². The van der Waals surface area contributed by atoms with E-state index in [0.29, 0.717) is 22.4 Å². The molecule has 2 aromatic rings. The second-order valence-electron chi connectivity index (χ2n) is 6.97. The highest BCUT2D eigenvalue weighted by Crippen LogP contribution is 2.40. The fraction of sp³-hybridized carbons (Fsp3) is 0.500. The standard InChI is InChI=1S/C22H28Cl2O2.C2H6/c1-5-7-13-26-21-19(23)14-17(15-20(21)24)22(3,4)16-8-10-18(11-9-16)25-12-6-2;1-2/h8-11,14-15H,5-7,12-13H2,1-4H3;1-2H3. The number of halogens is 2. The van der Waals surface area contributed by atoms with Gasteiger partial charge in [-0.2, -0.15) is 0 Å². The van der Waals surface area contributed by atoms with Gasteiger partial charge in [-0.3, -0.25) is 0 Å². The third kappa shape index (κ3) is 6.60. The molecule has 2 rings (SSSR count). The van der Waals surface area contributed by atoms with E-state index in [1.54, 1.807) is 0 Å². The Kier molecular flexibility index (Phi) is 10.8. The molecule has 156 valence electrons. The van der Waals surface area contributed by atoms with Crippen molar-refractivity contribution in [1.82, 2.24) is 0 Å². The number of hydrogen-bond acceptors (Lipinski definition) is 2. The fourth-order valence-electron chi connectivity index (χ4n) is 2.73. The Labute approximate surface area is 181 Å². The lowest BCUT2D eigenvalue weighted by molar-refractivity contribution is 0.309. The van der Waals surface area contributed by atoms with Crippen molar-refractivity contribution >= 4 is 23.2 Å². The van der Waals surface area contributed by atoms with Crippen LogP contribution in [-0.4, -0.2) is 13.2 Å². The van der Waals surface area contributed by atoms with E-state index < -0.39 is 0 Å². The summed E-state index contributed by atoms with van der Waals surface area (Å²) in [6.07, 6.45) is 3.04. The Hall–Kier alpha value is -1.38. The van der Waals surface area contributed by atoms with Crippen molar-refractivity contribution in [3.8, 4) is 11.5 Å². The van der Waals surface area contributed by atoms with Crippen molar-refractivity contribution in [3.05, 3.63) is 57.6 Å². The van der Waals surface area contributed by atoms with Crippen molar-refractivity contribution < 1.29 is 9.47 Å². The smallest absolute Gasteiger partial charge is 0.156 e. The van der Waals surface area contributed by atoms with Gasteiger partial charge in [0.15, 0.2) is 5.75 Å². The molecule has 28 heavy (non-hydrogen) atoms. The molecular formula is C24H34Cl2O2. The summed E-state index contributed by atoms with van der Waals surface area (Å²) in [6.45, 7) is 13.9. The first-order chi connectivity index (χ1) is 13.4. The third-order valence-corrected chi connectivity index (χ3v) is 5.07. The van der Waals surface area contributed by atoms with E-state index in [1.165, 1.54) is 5.56 Å². The fourth-order valence-corrected chi connectivity index (χ4v) is 3.33. The summed E-state index contributed by atoms with van der Waals surface area (Å²) in [6, 6.07) is 12.1. The Morgan fingerprint density at radius 3 is 1.86 bits per heavy atom. The van der Waals surface area contributed by atoms with E-state index in [1.807, 2.05) is 38.1 Å². The van der Waals surface area contributed by atoms with Gasteiger partial charge >= 0.3 is 0 Å². The average Bonchev–Trinajstić information content (AvgIpc) is 2.70. The molecule has 0 atom stereocenters. The van der Waals surface area contributed by atoms with Crippen LogP contribution in [0.3, 0.4) is 0 Å². The van der Waals surface area contributed by atoms with Crippen LogP contribution in [0.15, 0.2) is 36.4 Å². The van der Waals surface area contributed by atoms with Crippen LogP contribution in [0.1, 0.15) is 71.9 Å². The minimum atomic E-state index is -0.238. The first-order valence-electron chi connectivity index (χ1n) is 10.3. The molecule has 2 nitrogen and oxygen atoms in total. The summed E-state index contributed by atoms with van der Waals surface area (Å²) < 4.78 is 11.4. The van der Waals surface area contributed by atoms with Crippen molar-refractivity contribution in [2.75, 3.05) is 13.2 Å². The molecule has 0 bridgehead atoms. The van der Waals surface area contributed by atoms with Gasteiger partial charge in [-0.1, -0.05) is 83.3 Å². The van der Waals surface area contributed by atoms with Crippen LogP contribution in [0.5, 0.6) is 11.5 Å². The topological polar surface area (TPSA) is 18.5 Å². The van der Waals surface area contributed by atoms with Crippen LogP contribution in [0.25, 0.3) is 0 Å². The summed E-state index contributed by atoms with van der Waals surface area (Å²) in [5.74, 6) is 1.46. The van der Waals surface area contributed by atoms with Gasteiger partial charge in [-0.25, -0.2) is 0 Å². The highest BCUT2D eigenvalue weighted by Gasteiger charge is 2.25. The summed E-state index contributed by atoms with van der Waals surface area (Å²) in [7, 11) is 0. The first kappa shape index (κ1) is 24.7. The number of benzene rings is 2. The van der Waals surface area contributed by atoms with E-state index >= 15 is 0 Å². The molecule has 0 aliphatic heterocycles. The SMILES string of the molecule is CC.CCCCOc1c(Cl)cc(C(C)(C)c2ccc(OCCC)cc2)cc1Cl. The maximum Gasteiger partial charge on any atom is 0.156 e. The molecule has 2 aromatic carbocycles. The van der Waals surface area contributed by atoms with Crippen molar-refractivity contribution in [2.45, 2.75) is 66.2 Å². The van der Waals surface area contributed by atoms with Crippen LogP contribution in [0.4, 0.5) is 0 Å². The zero-order valence-corrected chi connectivity index (χ0v) is 19.6. The lowest BCUT2D eigenvalue weighted by Gasteiger charge is -2.27. The highest BCUT2D eigenvalue weighted by molar-refractivity contribution is 6.37. The third-order valence-electron chi connectivity index (χ3n) is 4.51. The monoisotopic (exact) mass is 424 g/mol. The lowest BCUT2D eigenvalue weighted by atomic mass is 9.78. The Balaban J connectivity index is 0.00000190. The van der Waals surface area contributed by atoms with Gasteiger partial charge in [0.1, 0.15) is 5.75 Å². The second-order valence-corrected chi connectivity index (χ2v) is 7.78. The maximum atomic E-state index is 6.46.